The first-order chi connectivity index (χ1) is 9.24. The van der Waals surface area contributed by atoms with Gasteiger partial charge in [-0.05, 0) is 38.5 Å². The Morgan fingerprint density at radius 2 is 1.37 bits per heavy atom. The lowest BCUT2D eigenvalue weighted by molar-refractivity contribution is -0.143. The summed E-state index contributed by atoms with van der Waals surface area (Å²) in [6.07, 6.45) is 8.49. The Morgan fingerprint density at radius 3 is 1.89 bits per heavy atom. The number of likely N-dealkylation sites (tertiary alicyclic amines) is 1. The van der Waals surface area contributed by atoms with Crippen LogP contribution in [0.2, 0.25) is 0 Å². The van der Waals surface area contributed by atoms with E-state index in [-0.39, 0.29) is 29.7 Å². The van der Waals surface area contributed by atoms with Crippen molar-refractivity contribution < 1.29 is 9.59 Å². The molecular weight excluding hydrogens is 240 g/mol. The van der Waals surface area contributed by atoms with Crippen molar-refractivity contribution in [3.63, 3.8) is 0 Å². The van der Waals surface area contributed by atoms with Crippen LogP contribution in [-0.4, -0.2) is 34.8 Å². The highest BCUT2D eigenvalue weighted by Crippen LogP contribution is 2.41. The molecule has 19 heavy (non-hydrogen) atoms. The van der Waals surface area contributed by atoms with E-state index in [1.807, 2.05) is 0 Å². The fourth-order valence-electron chi connectivity index (χ4n) is 4.79. The van der Waals surface area contributed by atoms with Crippen molar-refractivity contribution in [1.29, 1.82) is 0 Å². The molecule has 4 nitrogen and oxygen atoms in total. The Balaban J connectivity index is 1.57. The van der Waals surface area contributed by atoms with Crippen LogP contribution in [0.15, 0.2) is 0 Å². The van der Waals surface area contributed by atoms with Gasteiger partial charge in [-0.3, -0.25) is 14.5 Å². The lowest BCUT2D eigenvalue weighted by atomic mass is 9.81. The van der Waals surface area contributed by atoms with E-state index in [2.05, 4.69) is 5.32 Å². The van der Waals surface area contributed by atoms with Gasteiger partial charge in [0.25, 0.3) is 0 Å². The average Bonchev–Trinajstić information content (AvgIpc) is 2.89. The van der Waals surface area contributed by atoms with Gasteiger partial charge in [0.15, 0.2) is 0 Å². The van der Waals surface area contributed by atoms with E-state index in [4.69, 9.17) is 0 Å². The molecule has 1 saturated carbocycles. The third-order valence-electron chi connectivity index (χ3n) is 5.69. The molecule has 2 amide bonds. The van der Waals surface area contributed by atoms with E-state index < -0.39 is 0 Å². The second kappa shape index (κ2) is 4.30. The molecule has 4 unspecified atom stereocenters. The van der Waals surface area contributed by atoms with Crippen molar-refractivity contribution in [2.75, 3.05) is 0 Å². The number of nitrogens with one attached hydrogen (secondary N) is 1. The molecule has 0 aromatic heterocycles. The molecule has 4 heteroatoms. The minimum atomic E-state index is 0.0220. The summed E-state index contributed by atoms with van der Waals surface area (Å²) in [7, 11) is 0. The number of rotatable bonds is 1. The van der Waals surface area contributed by atoms with Gasteiger partial charge >= 0.3 is 0 Å². The lowest BCUT2D eigenvalue weighted by Crippen LogP contribution is -2.50. The van der Waals surface area contributed by atoms with Crippen LogP contribution in [0.5, 0.6) is 0 Å². The molecule has 3 aliphatic heterocycles. The largest absolute Gasteiger partial charge is 0.311 e. The molecule has 104 valence electrons. The molecule has 0 aromatic carbocycles. The summed E-state index contributed by atoms with van der Waals surface area (Å²) >= 11 is 0. The van der Waals surface area contributed by atoms with E-state index in [1.54, 1.807) is 4.90 Å². The highest BCUT2D eigenvalue weighted by molar-refractivity contribution is 6.05. The van der Waals surface area contributed by atoms with Crippen molar-refractivity contribution in [2.45, 2.75) is 69.5 Å². The number of carbonyl (C=O) groups is 2. The highest BCUT2D eigenvalue weighted by Gasteiger charge is 2.52. The molecule has 4 atom stereocenters. The fraction of sp³-hybridized carbons (Fsp3) is 0.867. The Labute approximate surface area is 113 Å². The first-order valence-electron chi connectivity index (χ1n) is 7.87. The summed E-state index contributed by atoms with van der Waals surface area (Å²) in [4.78, 5) is 26.8. The zero-order valence-corrected chi connectivity index (χ0v) is 11.3. The third-order valence-corrected chi connectivity index (χ3v) is 5.69. The van der Waals surface area contributed by atoms with E-state index in [0.29, 0.717) is 12.1 Å². The number of carbonyl (C=O) groups excluding carboxylic acids is 2. The molecule has 3 saturated heterocycles. The van der Waals surface area contributed by atoms with Gasteiger partial charge in [-0.15, -0.1) is 0 Å². The standard InChI is InChI=1S/C15H22N2O2/c18-14-12-3-1-2-4-13(12)15(19)17(14)11-7-9-5-6-10(8-11)16-9/h9-13,16H,1-8H2. The zero-order chi connectivity index (χ0) is 13.0. The van der Waals surface area contributed by atoms with Crippen molar-refractivity contribution in [3.05, 3.63) is 0 Å². The maximum Gasteiger partial charge on any atom is 0.233 e. The Kier molecular flexibility index (Phi) is 2.69. The predicted molar refractivity (Wildman–Crippen MR) is 70.3 cm³/mol. The fourth-order valence-corrected chi connectivity index (χ4v) is 4.79. The third kappa shape index (κ3) is 1.76. The predicted octanol–water partition coefficient (Wildman–Crippen LogP) is 1.44. The summed E-state index contributed by atoms with van der Waals surface area (Å²) in [5.74, 6) is 0.351. The van der Waals surface area contributed by atoms with Crippen LogP contribution in [0, 0.1) is 11.8 Å². The van der Waals surface area contributed by atoms with Crippen LogP contribution in [0.25, 0.3) is 0 Å². The van der Waals surface area contributed by atoms with Gasteiger partial charge in [-0.2, -0.15) is 0 Å². The molecular formula is C15H22N2O2. The minimum Gasteiger partial charge on any atom is -0.311 e. The first kappa shape index (κ1) is 11.9. The zero-order valence-electron chi connectivity index (χ0n) is 11.3. The molecule has 2 bridgehead atoms. The van der Waals surface area contributed by atoms with Gasteiger partial charge in [0.2, 0.25) is 11.8 Å². The molecule has 4 aliphatic rings. The summed E-state index contributed by atoms with van der Waals surface area (Å²) in [5, 5.41) is 3.59. The molecule has 0 spiro atoms. The second-order valence-electron chi connectivity index (χ2n) is 6.81. The summed E-state index contributed by atoms with van der Waals surface area (Å²) < 4.78 is 0. The van der Waals surface area contributed by atoms with E-state index in [0.717, 1.165) is 38.5 Å². The highest BCUT2D eigenvalue weighted by atomic mass is 16.2. The molecule has 3 heterocycles. The topological polar surface area (TPSA) is 49.4 Å². The van der Waals surface area contributed by atoms with E-state index in [1.165, 1.54) is 12.8 Å². The van der Waals surface area contributed by atoms with Gasteiger partial charge in [0.05, 0.1) is 11.8 Å². The molecule has 1 aliphatic carbocycles. The molecule has 4 rings (SSSR count). The Hall–Kier alpha value is -0.900. The number of piperidine rings is 1. The number of hydrogen-bond donors (Lipinski definition) is 1. The quantitative estimate of drug-likeness (QED) is 0.728. The number of hydrogen-bond acceptors (Lipinski definition) is 3. The van der Waals surface area contributed by atoms with Gasteiger partial charge < -0.3 is 5.32 Å². The number of amides is 2. The summed E-state index contributed by atoms with van der Waals surface area (Å²) in [5.41, 5.74) is 0. The van der Waals surface area contributed by atoms with Crippen LogP contribution in [0.3, 0.4) is 0 Å². The van der Waals surface area contributed by atoms with Gasteiger partial charge in [-0.25, -0.2) is 0 Å². The number of nitrogens with zero attached hydrogens (tertiary/aromatic N) is 1. The Bertz CT molecular complexity index is 386. The van der Waals surface area contributed by atoms with Crippen molar-refractivity contribution in [2.24, 2.45) is 11.8 Å². The lowest BCUT2D eigenvalue weighted by Gasteiger charge is -2.34. The van der Waals surface area contributed by atoms with Gasteiger partial charge in [0.1, 0.15) is 0 Å². The van der Waals surface area contributed by atoms with Gasteiger partial charge in [0, 0.05) is 18.1 Å². The Morgan fingerprint density at radius 1 is 0.842 bits per heavy atom. The summed E-state index contributed by atoms with van der Waals surface area (Å²) in [6, 6.07) is 1.25. The van der Waals surface area contributed by atoms with Crippen LogP contribution >= 0.6 is 0 Å². The van der Waals surface area contributed by atoms with Crippen molar-refractivity contribution in [1.82, 2.24) is 10.2 Å². The van der Waals surface area contributed by atoms with E-state index >= 15 is 0 Å². The molecule has 0 radical (unpaired) electrons. The van der Waals surface area contributed by atoms with Crippen molar-refractivity contribution in [3.8, 4) is 0 Å². The normalized spacial score (nSPS) is 45.7. The molecule has 0 aromatic rings. The SMILES string of the molecule is O=C1C2CCCCC2C(=O)N1C1CC2CCC(C1)N2. The maximum absolute atomic E-state index is 12.6. The first-order valence-corrected chi connectivity index (χ1v) is 7.87. The van der Waals surface area contributed by atoms with Crippen molar-refractivity contribution >= 4 is 11.8 Å². The summed E-state index contributed by atoms with van der Waals surface area (Å²) in [6.45, 7) is 0. The second-order valence-corrected chi connectivity index (χ2v) is 6.81. The van der Waals surface area contributed by atoms with Crippen LogP contribution in [-0.2, 0) is 9.59 Å². The smallest absolute Gasteiger partial charge is 0.233 e. The van der Waals surface area contributed by atoms with Crippen LogP contribution in [0.1, 0.15) is 51.4 Å². The maximum atomic E-state index is 12.6. The minimum absolute atomic E-state index is 0.0220. The van der Waals surface area contributed by atoms with Gasteiger partial charge in [-0.1, -0.05) is 12.8 Å². The number of fused-ring (bicyclic) bond motifs is 3. The van der Waals surface area contributed by atoms with E-state index in [9.17, 15) is 9.59 Å². The molecule has 1 N–H and O–H groups in total. The number of imide groups is 1. The van der Waals surface area contributed by atoms with Crippen LogP contribution in [0.4, 0.5) is 0 Å². The monoisotopic (exact) mass is 262 g/mol. The molecule has 4 fully saturated rings. The average molecular weight is 262 g/mol. The van der Waals surface area contributed by atoms with Crippen LogP contribution < -0.4 is 5.32 Å².